The lowest BCUT2D eigenvalue weighted by Gasteiger charge is -2.05. The van der Waals surface area contributed by atoms with Crippen molar-refractivity contribution in [1.82, 2.24) is 4.98 Å². The predicted octanol–water partition coefficient (Wildman–Crippen LogP) is 3.69. The number of rotatable bonds is 1. The van der Waals surface area contributed by atoms with Gasteiger partial charge in [-0.25, -0.2) is 4.98 Å². The molecule has 0 saturated carbocycles. The largest absolute Gasteiger partial charge is 0.454 e. The molecule has 1 aromatic carbocycles. The smallest absolute Gasteiger partial charge is 0.164 e. The van der Waals surface area contributed by atoms with Gasteiger partial charge in [-0.3, -0.25) is 0 Å². The topological polar surface area (TPSA) is 26.0 Å². The number of aromatic nitrogens is 1. The molecule has 0 saturated heterocycles. The first kappa shape index (κ1) is 11.9. The van der Waals surface area contributed by atoms with Crippen molar-refractivity contribution in [2.45, 2.75) is 26.7 Å². The summed E-state index contributed by atoms with van der Waals surface area (Å²) in [6, 6.07) is 10.2. The summed E-state index contributed by atoms with van der Waals surface area (Å²) in [6.45, 7) is 4.40. The lowest BCUT2D eigenvalue weighted by atomic mass is 10.0. The van der Waals surface area contributed by atoms with Gasteiger partial charge in [-0.1, -0.05) is 23.8 Å². The van der Waals surface area contributed by atoms with Gasteiger partial charge in [0.1, 0.15) is 5.58 Å². The summed E-state index contributed by atoms with van der Waals surface area (Å²) in [5, 5.41) is 3.30. The van der Waals surface area contributed by atoms with Gasteiger partial charge in [0.25, 0.3) is 0 Å². The van der Waals surface area contributed by atoms with Gasteiger partial charge in [0.15, 0.2) is 10.8 Å². The zero-order valence-corrected chi connectivity index (χ0v) is 12.4. The molecule has 3 aromatic rings. The van der Waals surface area contributed by atoms with Crippen LogP contribution in [0.25, 0.3) is 32.9 Å². The fourth-order valence-corrected chi connectivity index (χ4v) is 3.82. The third-order valence-electron chi connectivity index (χ3n) is 3.93. The van der Waals surface area contributed by atoms with Gasteiger partial charge in [0.2, 0.25) is 0 Å². The molecule has 0 amide bonds. The Morgan fingerprint density at radius 1 is 1.10 bits per heavy atom. The third-order valence-corrected chi connectivity index (χ3v) is 5.16. The highest BCUT2D eigenvalue weighted by Gasteiger charge is 2.14. The Balaban J connectivity index is 1.99. The highest BCUT2D eigenvalue weighted by atomic mass is 32.1. The summed E-state index contributed by atoms with van der Waals surface area (Å²) in [6.07, 6.45) is 2.28. The zero-order chi connectivity index (χ0) is 13.7. The van der Waals surface area contributed by atoms with E-state index in [1.54, 1.807) is 11.3 Å². The standard InChI is InChI=1S/C17H15NOS/c1-10-7-8-11(2)16-15(10)18-17(20-16)14-9-12-5-3-4-6-13(12)19-14/h3-6,9H,7-8H2,1-2H3. The SMILES string of the molecule is CC1=c2nc(-c3cc4ccccc4o3)sc2=C(C)CC1. The van der Waals surface area contributed by atoms with E-state index >= 15 is 0 Å². The summed E-state index contributed by atoms with van der Waals surface area (Å²) >= 11 is 1.75. The first-order chi connectivity index (χ1) is 9.72. The number of fused-ring (bicyclic) bond motifs is 2. The highest BCUT2D eigenvalue weighted by Crippen LogP contribution is 2.28. The molecule has 2 nitrogen and oxygen atoms in total. The van der Waals surface area contributed by atoms with Gasteiger partial charge in [0, 0.05) is 5.39 Å². The van der Waals surface area contributed by atoms with Crippen molar-refractivity contribution in [2.24, 2.45) is 0 Å². The maximum absolute atomic E-state index is 5.93. The zero-order valence-electron chi connectivity index (χ0n) is 11.6. The average molecular weight is 281 g/mol. The van der Waals surface area contributed by atoms with E-state index in [1.165, 1.54) is 21.0 Å². The third kappa shape index (κ3) is 1.74. The first-order valence-electron chi connectivity index (χ1n) is 6.88. The predicted molar refractivity (Wildman–Crippen MR) is 84.0 cm³/mol. The van der Waals surface area contributed by atoms with Crippen molar-refractivity contribution in [3.8, 4) is 10.8 Å². The van der Waals surface area contributed by atoms with Gasteiger partial charge < -0.3 is 4.42 Å². The molecule has 2 aromatic heterocycles. The maximum Gasteiger partial charge on any atom is 0.164 e. The van der Waals surface area contributed by atoms with Crippen LogP contribution >= 0.6 is 11.3 Å². The van der Waals surface area contributed by atoms with Crippen molar-refractivity contribution >= 4 is 33.5 Å². The molecule has 0 bridgehead atoms. The quantitative estimate of drug-likeness (QED) is 0.680. The summed E-state index contributed by atoms with van der Waals surface area (Å²) in [5.41, 5.74) is 3.77. The van der Waals surface area contributed by atoms with E-state index < -0.39 is 0 Å². The molecular weight excluding hydrogens is 266 g/mol. The summed E-state index contributed by atoms with van der Waals surface area (Å²) < 4.78 is 7.27. The van der Waals surface area contributed by atoms with E-state index in [0.717, 1.165) is 34.6 Å². The second kappa shape index (κ2) is 4.32. The van der Waals surface area contributed by atoms with Gasteiger partial charge in [-0.15, -0.1) is 11.3 Å². The lowest BCUT2D eigenvalue weighted by Crippen LogP contribution is -2.28. The highest BCUT2D eigenvalue weighted by molar-refractivity contribution is 7.13. The number of hydrogen-bond acceptors (Lipinski definition) is 3. The van der Waals surface area contributed by atoms with E-state index in [0.29, 0.717) is 0 Å². The number of benzene rings is 1. The van der Waals surface area contributed by atoms with E-state index in [2.05, 4.69) is 26.0 Å². The molecule has 2 heterocycles. The molecule has 4 rings (SSSR count). The Labute approximate surface area is 121 Å². The minimum Gasteiger partial charge on any atom is -0.454 e. The van der Waals surface area contributed by atoms with Crippen LogP contribution in [-0.4, -0.2) is 4.98 Å². The molecule has 0 fully saturated rings. The molecule has 3 heteroatoms. The molecule has 0 N–H and O–H groups in total. The molecular formula is C17H15NOS. The maximum atomic E-state index is 5.93. The molecule has 0 atom stereocenters. The van der Waals surface area contributed by atoms with Gasteiger partial charge in [-0.05, 0) is 44.4 Å². The van der Waals surface area contributed by atoms with Crippen molar-refractivity contribution < 1.29 is 4.42 Å². The van der Waals surface area contributed by atoms with Crippen LogP contribution in [0, 0.1) is 0 Å². The number of hydrogen-bond donors (Lipinski definition) is 0. The molecule has 0 unspecified atom stereocenters. The fraction of sp³-hybridized carbons (Fsp3) is 0.235. The summed E-state index contributed by atoms with van der Waals surface area (Å²) in [5.74, 6) is 0.881. The van der Waals surface area contributed by atoms with Crippen LogP contribution in [0.1, 0.15) is 26.7 Å². The van der Waals surface area contributed by atoms with Crippen molar-refractivity contribution in [2.75, 3.05) is 0 Å². The van der Waals surface area contributed by atoms with Crippen LogP contribution in [-0.2, 0) is 0 Å². The van der Waals surface area contributed by atoms with E-state index in [4.69, 9.17) is 9.40 Å². The fourth-order valence-electron chi connectivity index (χ4n) is 2.70. The molecule has 0 spiro atoms. The normalized spacial score (nSPS) is 14.9. The van der Waals surface area contributed by atoms with Crippen LogP contribution in [0.5, 0.6) is 0 Å². The average Bonchev–Trinajstić information content (AvgIpc) is 3.06. The van der Waals surface area contributed by atoms with Crippen molar-refractivity contribution in [3.63, 3.8) is 0 Å². The van der Waals surface area contributed by atoms with Crippen LogP contribution in [0.4, 0.5) is 0 Å². The van der Waals surface area contributed by atoms with Gasteiger partial charge in [0.05, 0.1) is 9.88 Å². The molecule has 1 aliphatic carbocycles. The van der Waals surface area contributed by atoms with Crippen LogP contribution in [0.3, 0.4) is 0 Å². The van der Waals surface area contributed by atoms with E-state index in [-0.39, 0.29) is 0 Å². The molecule has 0 radical (unpaired) electrons. The van der Waals surface area contributed by atoms with Crippen molar-refractivity contribution in [1.29, 1.82) is 0 Å². The Morgan fingerprint density at radius 2 is 1.90 bits per heavy atom. The Bertz CT molecular complexity index is 857. The van der Waals surface area contributed by atoms with Crippen LogP contribution < -0.4 is 9.88 Å². The monoisotopic (exact) mass is 281 g/mol. The van der Waals surface area contributed by atoms with E-state index in [1.807, 2.05) is 18.2 Å². The molecule has 0 aliphatic heterocycles. The molecule has 1 aliphatic rings. The minimum atomic E-state index is 0.881. The number of furan rings is 1. The summed E-state index contributed by atoms with van der Waals surface area (Å²) in [4.78, 5) is 4.81. The summed E-state index contributed by atoms with van der Waals surface area (Å²) in [7, 11) is 0. The lowest BCUT2D eigenvalue weighted by molar-refractivity contribution is 0.630. The number of para-hydroxylation sites is 1. The second-order valence-corrected chi connectivity index (χ2v) is 6.40. The van der Waals surface area contributed by atoms with Gasteiger partial charge in [-0.2, -0.15) is 0 Å². The molecule has 100 valence electrons. The Morgan fingerprint density at radius 3 is 2.70 bits per heavy atom. The number of nitrogens with zero attached hydrogens (tertiary/aromatic N) is 1. The first-order valence-corrected chi connectivity index (χ1v) is 7.69. The van der Waals surface area contributed by atoms with Crippen LogP contribution in [0.15, 0.2) is 34.7 Å². The Hall–Kier alpha value is -1.87. The van der Waals surface area contributed by atoms with Gasteiger partial charge >= 0.3 is 0 Å². The van der Waals surface area contributed by atoms with E-state index in [9.17, 15) is 0 Å². The molecule has 20 heavy (non-hydrogen) atoms. The second-order valence-electron chi connectivity index (χ2n) is 5.41. The van der Waals surface area contributed by atoms with Crippen LogP contribution in [0.2, 0.25) is 0 Å². The van der Waals surface area contributed by atoms with Crippen molar-refractivity contribution in [3.05, 3.63) is 40.2 Å². The number of thiazole rings is 1. The minimum absolute atomic E-state index is 0.881. The Kier molecular flexibility index (Phi) is 2.57.